The van der Waals surface area contributed by atoms with Crippen LogP contribution < -0.4 is 5.32 Å². The first-order chi connectivity index (χ1) is 7.25. The van der Waals surface area contributed by atoms with E-state index in [-0.39, 0.29) is 5.69 Å². The van der Waals surface area contributed by atoms with E-state index in [0.717, 1.165) is 17.9 Å². The Labute approximate surface area is 91.3 Å². The second-order valence-electron chi connectivity index (χ2n) is 3.28. The Morgan fingerprint density at radius 3 is 3.20 bits per heavy atom. The van der Waals surface area contributed by atoms with Gasteiger partial charge in [0.2, 0.25) is 5.95 Å². The fourth-order valence-electron chi connectivity index (χ4n) is 1.38. The lowest BCUT2D eigenvalue weighted by molar-refractivity contribution is 0.0690. The fraction of sp³-hybridized carbons (Fsp3) is 0.444. The Kier molecular flexibility index (Phi) is 3.05. The van der Waals surface area contributed by atoms with Crippen LogP contribution in [-0.4, -0.2) is 38.6 Å². The minimum Gasteiger partial charge on any atom is -0.477 e. The lowest BCUT2D eigenvalue weighted by Gasteiger charge is -2.10. The number of thioether (sulfide) groups is 1. The van der Waals surface area contributed by atoms with Crippen molar-refractivity contribution in [2.75, 3.05) is 16.8 Å². The van der Waals surface area contributed by atoms with Gasteiger partial charge in [-0.25, -0.2) is 14.8 Å². The molecule has 0 amide bonds. The van der Waals surface area contributed by atoms with Crippen LogP contribution in [0, 0.1) is 0 Å². The van der Waals surface area contributed by atoms with Gasteiger partial charge in [0.25, 0.3) is 0 Å². The molecule has 0 spiro atoms. The van der Waals surface area contributed by atoms with E-state index in [1.165, 1.54) is 12.3 Å². The number of aromatic carboxylic acids is 1. The lowest BCUT2D eigenvalue weighted by atomic mass is 10.3. The summed E-state index contributed by atoms with van der Waals surface area (Å²) in [7, 11) is 0. The van der Waals surface area contributed by atoms with Crippen molar-refractivity contribution >= 4 is 23.7 Å². The Bertz CT molecular complexity index is 366. The summed E-state index contributed by atoms with van der Waals surface area (Å²) in [5, 5.41) is 11.9. The molecule has 15 heavy (non-hydrogen) atoms. The first-order valence-corrected chi connectivity index (χ1v) is 5.82. The van der Waals surface area contributed by atoms with Crippen LogP contribution in [0.15, 0.2) is 12.3 Å². The first kappa shape index (κ1) is 10.2. The van der Waals surface area contributed by atoms with Crippen LogP contribution in [-0.2, 0) is 0 Å². The van der Waals surface area contributed by atoms with Crippen LogP contribution in [0.25, 0.3) is 0 Å². The van der Waals surface area contributed by atoms with Crippen LogP contribution in [0.3, 0.4) is 0 Å². The smallest absolute Gasteiger partial charge is 0.354 e. The highest BCUT2D eigenvalue weighted by molar-refractivity contribution is 7.99. The Hall–Kier alpha value is -1.30. The molecule has 1 aliphatic rings. The molecular formula is C9H11N3O2S. The average molecular weight is 225 g/mol. The van der Waals surface area contributed by atoms with Gasteiger partial charge in [-0.3, -0.25) is 0 Å². The number of hydrogen-bond donors (Lipinski definition) is 2. The van der Waals surface area contributed by atoms with Gasteiger partial charge in [-0.15, -0.1) is 0 Å². The summed E-state index contributed by atoms with van der Waals surface area (Å²) in [6, 6.07) is 1.75. The van der Waals surface area contributed by atoms with Gasteiger partial charge in [0.15, 0.2) is 5.69 Å². The van der Waals surface area contributed by atoms with E-state index in [4.69, 9.17) is 5.11 Å². The van der Waals surface area contributed by atoms with Gasteiger partial charge in [-0.2, -0.15) is 11.8 Å². The molecule has 80 valence electrons. The van der Waals surface area contributed by atoms with E-state index < -0.39 is 5.97 Å². The van der Waals surface area contributed by atoms with Gasteiger partial charge in [0, 0.05) is 18.0 Å². The van der Waals surface area contributed by atoms with Gasteiger partial charge in [0.1, 0.15) is 0 Å². The zero-order valence-corrected chi connectivity index (χ0v) is 8.83. The van der Waals surface area contributed by atoms with Crippen molar-refractivity contribution in [3.63, 3.8) is 0 Å². The molecule has 1 aliphatic heterocycles. The molecule has 6 heteroatoms. The highest BCUT2D eigenvalue weighted by Gasteiger charge is 2.16. The molecule has 1 unspecified atom stereocenters. The standard InChI is InChI=1S/C9H11N3O2S/c13-8(14)7-1-3-10-9(12-7)11-6-2-4-15-5-6/h1,3,6H,2,4-5H2,(H,13,14)(H,10,11,12). The molecule has 5 nitrogen and oxygen atoms in total. The van der Waals surface area contributed by atoms with E-state index in [1.807, 2.05) is 11.8 Å². The minimum absolute atomic E-state index is 0.0261. The molecule has 2 rings (SSSR count). The maximum atomic E-state index is 10.7. The predicted molar refractivity (Wildman–Crippen MR) is 58.3 cm³/mol. The molecule has 1 atom stereocenters. The van der Waals surface area contributed by atoms with Crippen molar-refractivity contribution < 1.29 is 9.90 Å². The molecule has 0 radical (unpaired) electrons. The molecule has 1 aromatic heterocycles. The SMILES string of the molecule is O=C(O)c1ccnc(NC2CCSC2)n1. The number of carbonyl (C=O) groups is 1. The number of hydrogen-bond acceptors (Lipinski definition) is 5. The first-order valence-electron chi connectivity index (χ1n) is 4.66. The third kappa shape index (κ3) is 2.59. The molecule has 1 saturated heterocycles. The largest absolute Gasteiger partial charge is 0.477 e. The zero-order chi connectivity index (χ0) is 10.7. The van der Waals surface area contributed by atoms with Gasteiger partial charge < -0.3 is 10.4 Å². The summed E-state index contributed by atoms with van der Waals surface area (Å²) in [6.45, 7) is 0. The monoisotopic (exact) mass is 225 g/mol. The molecule has 2 N–H and O–H groups in total. The summed E-state index contributed by atoms with van der Waals surface area (Å²) < 4.78 is 0. The van der Waals surface area contributed by atoms with E-state index in [9.17, 15) is 4.79 Å². The summed E-state index contributed by atoms with van der Waals surface area (Å²) in [5.74, 6) is 1.54. The third-order valence-electron chi connectivity index (χ3n) is 2.14. The number of anilines is 1. The van der Waals surface area contributed by atoms with Gasteiger partial charge >= 0.3 is 5.97 Å². The molecule has 2 heterocycles. The predicted octanol–water partition coefficient (Wildman–Crippen LogP) is 1.09. The van der Waals surface area contributed by atoms with Crippen LogP contribution in [0.5, 0.6) is 0 Å². The Morgan fingerprint density at radius 1 is 1.67 bits per heavy atom. The zero-order valence-electron chi connectivity index (χ0n) is 8.01. The summed E-state index contributed by atoms with van der Waals surface area (Å²) in [4.78, 5) is 18.6. The second kappa shape index (κ2) is 4.48. The van der Waals surface area contributed by atoms with E-state index >= 15 is 0 Å². The number of carboxylic acid groups (broad SMARTS) is 1. The van der Waals surface area contributed by atoms with Gasteiger partial charge in [-0.1, -0.05) is 0 Å². The molecule has 1 fully saturated rings. The molecule has 0 aliphatic carbocycles. The quantitative estimate of drug-likeness (QED) is 0.802. The van der Waals surface area contributed by atoms with Crippen LogP contribution >= 0.6 is 11.8 Å². The topological polar surface area (TPSA) is 75.1 Å². The van der Waals surface area contributed by atoms with Crippen LogP contribution in [0.2, 0.25) is 0 Å². The maximum Gasteiger partial charge on any atom is 0.354 e. The number of aromatic nitrogens is 2. The molecular weight excluding hydrogens is 214 g/mol. The minimum atomic E-state index is -1.03. The maximum absolute atomic E-state index is 10.7. The molecule has 0 saturated carbocycles. The van der Waals surface area contributed by atoms with Gasteiger partial charge in [-0.05, 0) is 18.2 Å². The fourth-order valence-corrected chi connectivity index (χ4v) is 2.53. The number of nitrogens with zero attached hydrogens (tertiary/aromatic N) is 2. The summed E-state index contributed by atoms with van der Waals surface area (Å²) in [6.07, 6.45) is 2.53. The average Bonchev–Trinajstić information content (AvgIpc) is 2.71. The highest BCUT2D eigenvalue weighted by atomic mass is 32.2. The van der Waals surface area contributed by atoms with Crippen molar-refractivity contribution in [1.29, 1.82) is 0 Å². The van der Waals surface area contributed by atoms with E-state index in [2.05, 4.69) is 15.3 Å². The number of rotatable bonds is 3. The van der Waals surface area contributed by atoms with Crippen molar-refractivity contribution in [2.45, 2.75) is 12.5 Å². The molecule has 0 aromatic carbocycles. The van der Waals surface area contributed by atoms with E-state index in [0.29, 0.717) is 12.0 Å². The molecule has 0 bridgehead atoms. The van der Waals surface area contributed by atoms with E-state index in [1.54, 1.807) is 0 Å². The van der Waals surface area contributed by atoms with Crippen molar-refractivity contribution in [1.82, 2.24) is 9.97 Å². The van der Waals surface area contributed by atoms with Crippen LogP contribution in [0.1, 0.15) is 16.9 Å². The number of carboxylic acids is 1. The third-order valence-corrected chi connectivity index (χ3v) is 3.30. The highest BCUT2D eigenvalue weighted by Crippen LogP contribution is 2.19. The van der Waals surface area contributed by atoms with Crippen molar-refractivity contribution in [2.24, 2.45) is 0 Å². The second-order valence-corrected chi connectivity index (χ2v) is 4.43. The summed E-state index contributed by atoms with van der Waals surface area (Å²) in [5.41, 5.74) is 0.0261. The van der Waals surface area contributed by atoms with Crippen molar-refractivity contribution in [3.8, 4) is 0 Å². The Balaban J connectivity index is 2.07. The lowest BCUT2D eigenvalue weighted by Crippen LogP contribution is -2.20. The Morgan fingerprint density at radius 2 is 2.53 bits per heavy atom. The van der Waals surface area contributed by atoms with Crippen molar-refractivity contribution in [3.05, 3.63) is 18.0 Å². The normalized spacial score (nSPS) is 20.1. The number of nitrogens with one attached hydrogen (secondary N) is 1. The van der Waals surface area contributed by atoms with Gasteiger partial charge in [0.05, 0.1) is 0 Å². The summed E-state index contributed by atoms with van der Waals surface area (Å²) >= 11 is 1.88. The van der Waals surface area contributed by atoms with Crippen LogP contribution in [0.4, 0.5) is 5.95 Å². The molecule has 1 aromatic rings.